The lowest BCUT2D eigenvalue weighted by atomic mass is 9.93. The average Bonchev–Trinajstić information content (AvgIpc) is 2.63. The zero-order valence-electron chi connectivity index (χ0n) is 16.6. The van der Waals surface area contributed by atoms with Crippen LogP contribution in [0.3, 0.4) is 0 Å². The van der Waals surface area contributed by atoms with Crippen LogP contribution in [0.15, 0.2) is 57.7 Å². The zero-order valence-corrected chi connectivity index (χ0v) is 17.3. The van der Waals surface area contributed by atoms with Crippen LogP contribution < -0.4 is 28.3 Å². The molecule has 0 amide bonds. The third-order valence-electron chi connectivity index (χ3n) is 4.35. The van der Waals surface area contributed by atoms with E-state index >= 15 is 0 Å². The van der Waals surface area contributed by atoms with E-state index in [-0.39, 0.29) is 35.2 Å². The van der Waals surface area contributed by atoms with E-state index in [1.54, 1.807) is 43.3 Å². The van der Waals surface area contributed by atoms with Gasteiger partial charge in [-0.1, -0.05) is 19.1 Å². The van der Waals surface area contributed by atoms with Crippen LogP contribution in [-0.2, 0) is 4.79 Å². The Morgan fingerprint density at radius 1 is 1.17 bits per heavy atom. The molecule has 1 heterocycles. The number of aromatic hydroxyl groups is 1. The minimum Gasteiger partial charge on any atom is -1.00 e. The van der Waals surface area contributed by atoms with Crippen LogP contribution in [-0.4, -0.2) is 16.6 Å². The Bertz CT molecular complexity index is 1070. The SMILES string of the molecule is CC(CC(C)(C)[NH3+])C(=O)Oc1c(-c2ccc(O)cc2)oc2ccccc2c1=O.[Cl-]. The van der Waals surface area contributed by atoms with Crippen LogP contribution >= 0.6 is 0 Å². The Kier molecular flexibility index (Phi) is 6.72. The fourth-order valence-electron chi connectivity index (χ4n) is 3.13. The summed E-state index contributed by atoms with van der Waals surface area (Å²) in [6.07, 6.45) is 0.513. The molecular formula is C22H24ClNO5. The number of fused-ring (bicyclic) bond motifs is 1. The highest BCUT2D eigenvalue weighted by molar-refractivity contribution is 5.84. The standard InChI is InChI=1S/C22H23NO5.ClH/c1-13(12-22(2,3)23)21(26)28-20-18(25)16-6-4-5-7-17(16)27-19(20)14-8-10-15(24)11-9-14;/h4-11,13,24H,12,23H2,1-3H3;1H. The van der Waals surface area contributed by atoms with E-state index in [1.807, 2.05) is 13.8 Å². The third kappa shape index (κ3) is 5.16. The Labute approximate surface area is 174 Å². The third-order valence-corrected chi connectivity index (χ3v) is 4.35. The van der Waals surface area contributed by atoms with Gasteiger partial charge in [0.05, 0.1) is 16.8 Å². The Balaban J connectivity index is 0.00000300. The molecule has 6 nitrogen and oxygen atoms in total. The normalized spacial score (nSPS) is 12.3. The highest BCUT2D eigenvalue weighted by atomic mass is 35.5. The van der Waals surface area contributed by atoms with Gasteiger partial charge in [-0.15, -0.1) is 0 Å². The van der Waals surface area contributed by atoms with Crippen LogP contribution in [0.5, 0.6) is 11.5 Å². The van der Waals surface area contributed by atoms with Crippen molar-refractivity contribution in [2.45, 2.75) is 32.7 Å². The second kappa shape index (κ2) is 8.68. The zero-order chi connectivity index (χ0) is 20.5. The van der Waals surface area contributed by atoms with Crippen molar-refractivity contribution in [2.75, 3.05) is 0 Å². The minimum absolute atomic E-state index is 0. The number of carbonyl (C=O) groups is 1. The van der Waals surface area contributed by atoms with Gasteiger partial charge in [0, 0.05) is 12.0 Å². The van der Waals surface area contributed by atoms with Crippen LogP contribution in [0, 0.1) is 5.92 Å². The molecule has 0 fully saturated rings. The number of rotatable bonds is 5. The summed E-state index contributed by atoms with van der Waals surface area (Å²) in [7, 11) is 0. The van der Waals surface area contributed by atoms with Crippen molar-refractivity contribution in [3.05, 3.63) is 58.8 Å². The number of hydrogen-bond acceptors (Lipinski definition) is 5. The van der Waals surface area contributed by atoms with Gasteiger partial charge in [-0.25, -0.2) is 0 Å². The van der Waals surface area contributed by atoms with Crippen LogP contribution in [0.2, 0.25) is 0 Å². The Hall–Kier alpha value is -2.83. The molecule has 0 saturated carbocycles. The first kappa shape index (κ1) is 22.5. The van der Waals surface area contributed by atoms with Crippen LogP contribution in [0.1, 0.15) is 27.2 Å². The van der Waals surface area contributed by atoms with Crippen molar-refractivity contribution >= 4 is 16.9 Å². The summed E-state index contributed by atoms with van der Waals surface area (Å²) in [5.41, 5.74) is 4.22. The Morgan fingerprint density at radius 2 is 1.79 bits per heavy atom. The first-order valence-corrected chi connectivity index (χ1v) is 9.08. The molecule has 0 saturated heterocycles. The van der Waals surface area contributed by atoms with Crippen molar-refractivity contribution in [1.29, 1.82) is 0 Å². The molecule has 0 radical (unpaired) electrons. The fraction of sp³-hybridized carbons (Fsp3) is 0.273. The second-order valence-electron chi connectivity index (χ2n) is 7.82. The van der Waals surface area contributed by atoms with Gasteiger partial charge in [0.15, 0.2) is 5.76 Å². The van der Waals surface area contributed by atoms with E-state index in [0.29, 0.717) is 23.0 Å². The highest BCUT2D eigenvalue weighted by Gasteiger charge is 2.28. The summed E-state index contributed by atoms with van der Waals surface area (Å²) in [6.45, 7) is 5.62. The number of quaternary nitrogens is 1. The summed E-state index contributed by atoms with van der Waals surface area (Å²) < 4.78 is 11.5. The smallest absolute Gasteiger partial charge is 0.314 e. The molecule has 4 N–H and O–H groups in total. The number of carbonyl (C=O) groups excluding carboxylic acids is 1. The van der Waals surface area contributed by atoms with Crippen molar-refractivity contribution in [2.24, 2.45) is 5.92 Å². The monoisotopic (exact) mass is 417 g/mol. The van der Waals surface area contributed by atoms with Gasteiger partial charge in [0.25, 0.3) is 0 Å². The number of halogens is 1. The average molecular weight is 418 g/mol. The summed E-state index contributed by atoms with van der Waals surface area (Å²) >= 11 is 0. The lowest BCUT2D eigenvalue weighted by Crippen LogP contribution is -3.00. The molecule has 1 unspecified atom stereocenters. The molecule has 1 atom stereocenters. The molecule has 3 rings (SSSR count). The lowest BCUT2D eigenvalue weighted by molar-refractivity contribution is -0.468. The molecule has 0 aliphatic carbocycles. The number of esters is 1. The summed E-state index contributed by atoms with van der Waals surface area (Å²) in [5.74, 6) is -0.872. The van der Waals surface area contributed by atoms with Crippen LogP contribution in [0.4, 0.5) is 0 Å². The number of phenolic OH excluding ortho intramolecular Hbond substituents is 1. The number of benzene rings is 2. The van der Waals surface area contributed by atoms with Gasteiger partial charge < -0.3 is 32.4 Å². The summed E-state index contributed by atoms with van der Waals surface area (Å²) in [5, 5.41) is 9.87. The topological polar surface area (TPSA) is 104 Å². The first-order valence-electron chi connectivity index (χ1n) is 9.08. The van der Waals surface area contributed by atoms with E-state index in [4.69, 9.17) is 9.15 Å². The second-order valence-corrected chi connectivity index (χ2v) is 7.82. The molecule has 7 heteroatoms. The molecule has 29 heavy (non-hydrogen) atoms. The molecule has 0 aliphatic rings. The number of hydrogen-bond donors (Lipinski definition) is 2. The van der Waals surface area contributed by atoms with Crippen molar-refractivity contribution in [1.82, 2.24) is 0 Å². The molecule has 0 spiro atoms. The Morgan fingerprint density at radius 3 is 2.41 bits per heavy atom. The fourth-order valence-corrected chi connectivity index (χ4v) is 3.13. The van der Waals surface area contributed by atoms with E-state index in [9.17, 15) is 14.7 Å². The molecular weight excluding hydrogens is 394 g/mol. The lowest BCUT2D eigenvalue weighted by Gasteiger charge is -2.19. The first-order chi connectivity index (χ1) is 13.2. The molecule has 0 aliphatic heterocycles. The van der Waals surface area contributed by atoms with Crippen molar-refractivity contribution < 1.29 is 37.2 Å². The quantitative estimate of drug-likeness (QED) is 0.574. The van der Waals surface area contributed by atoms with Gasteiger partial charge in [-0.3, -0.25) is 9.59 Å². The number of phenols is 1. The van der Waals surface area contributed by atoms with Gasteiger partial charge >= 0.3 is 5.97 Å². The molecule has 154 valence electrons. The highest BCUT2D eigenvalue weighted by Crippen LogP contribution is 2.32. The number of ether oxygens (including phenoxy) is 1. The summed E-state index contributed by atoms with van der Waals surface area (Å²) in [4.78, 5) is 25.7. The van der Waals surface area contributed by atoms with E-state index in [1.165, 1.54) is 12.1 Å². The maximum Gasteiger partial charge on any atom is 0.314 e. The van der Waals surface area contributed by atoms with E-state index in [0.717, 1.165) is 0 Å². The van der Waals surface area contributed by atoms with Gasteiger partial charge in [-0.2, -0.15) is 0 Å². The molecule has 1 aromatic heterocycles. The van der Waals surface area contributed by atoms with E-state index < -0.39 is 17.3 Å². The van der Waals surface area contributed by atoms with Crippen molar-refractivity contribution in [3.63, 3.8) is 0 Å². The van der Waals surface area contributed by atoms with Gasteiger partial charge in [0.2, 0.25) is 11.2 Å². The predicted molar refractivity (Wildman–Crippen MR) is 106 cm³/mol. The molecule has 0 bridgehead atoms. The minimum atomic E-state index is -0.515. The summed E-state index contributed by atoms with van der Waals surface area (Å²) in [6, 6.07) is 12.9. The van der Waals surface area contributed by atoms with E-state index in [2.05, 4.69) is 5.73 Å². The van der Waals surface area contributed by atoms with Gasteiger partial charge in [0.1, 0.15) is 11.3 Å². The molecule has 2 aromatic carbocycles. The van der Waals surface area contributed by atoms with Crippen LogP contribution in [0.25, 0.3) is 22.3 Å². The van der Waals surface area contributed by atoms with Gasteiger partial charge in [-0.05, 0) is 50.2 Å². The molecule has 3 aromatic rings. The number of para-hydroxylation sites is 1. The predicted octanol–water partition coefficient (Wildman–Crippen LogP) is 0.122. The maximum atomic E-state index is 13.0. The largest absolute Gasteiger partial charge is 1.00 e. The maximum absolute atomic E-state index is 13.0. The van der Waals surface area contributed by atoms with Crippen molar-refractivity contribution in [3.8, 4) is 22.8 Å².